The molecule has 1 fully saturated rings. The first-order valence-electron chi connectivity index (χ1n) is 7.71. The number of hydrogen-bond donors (Lipinski definition) is 0. The SMILES string of the molecule is CN(Cc1cnccn1)c1ccc(S(=O)(=O)N2CCOCC2)cc1. The van der Waals surface area contributed by atoms with Crippen molar-refractivity contribution in [3.8, 4) is 0 Å². The summed E-state index contributed by atoms with van der Waals surface area (Å²) in [5.41, 5.74) is 1.77. The summed E-state index contributed by atoms with van der Waals surface area (Å²) in [4.78, 5) is 10.6. The third-order valence-electron chi connectivity index (χ3n) is 3.90. The molecule has 24 heavy (non-hydrogen) atoms. The molecule has 1 aromatic carbocycles. The minimum atomic E-state index is -3.45. The lowest BCUT2D eigenvalue weighted by Crippen LogP contribution is -2.40. The highest BCUT2D eigenvalue weighted by Crippen LogP contribution is 2.21. The van der Waals surface area contributed by atoms with Gasteiger partial charge in [0.15, 0.2) is 0 Å². The normalized spacial score (nSPS) is 16.0. The molecule has 128 valence electrons. The van der Waals surface area contributed by atoms with E-state index in [1.54, 1.807) is 30.7 Å². The molecule has 0 bridgehead atoms. The van der Waals surface area contributed by atoms with Crippen LogP contribution >= 0.6 is 0 Å². The fourth-order valence-corrected chi connectivity index (χ4v) is 3.96. The summed E-state index contributed by atoms with van der Waals surface area (Å²) < 4.78 is 31.9. The third-order valence-corrected chi connectivity index (χ3v) is 5.81. The average Bonchev–Trinajstić information content (AvgIpc) is 2.63. The van der Waals surface area contributed by atoms with Crippen LogP contribution in [0.3, 0.4) is 0 Å². The topological polar surface area (TPSA) is 75.6 Å². The number of anilines is 1. The van der Waals surface area contributed by atoms with Crippen LogP contribution in [0.15, 0.2) is 47.8 Å². The zero-order valence-electron chi connectivity index (χ0n) is 13.5. The lowest BCUT2D eigenvalue weighted by Gasteiger charge is -2.26. The van der Waals surface area contributed by atoms with Gasteiger partial charge in [0.2, 0.25) is 10.0 Å². The number of sulfonamides is 1. The molecule has 0 amide bonds. The van der Waals surface area contributed by atoms with E-state index in [2.05, 4.69) is 9.97 Å². The zero-order chi connectivity index (χ0) is 17.0. The van der Waals surface area contributed by atoms with E-state index in [-0.39, 0.29) is 0 Å². The monoisotopic (exact) mass is 348 g/mol. The molecule has 8 heteroatoms. The van der Waals surface area contributed by atoms with Crippen LogP contribution in [-0.2, 0) is 21.3 Å². The quantitative estimate of drug-likeness (QED) is 0.806. The van der Waals surface area contributed by atoms with Crippen molar-refractivity contribution in [1.29, 1.82) is 0 Å². The van der Waals surface area contributed by atoms with Gasteiger partial charge in [-0.1, -0.05) is 0 Å². The van der Waals surface area contributed by atoms with Crippen LogP contribution in [-0.4, -0.2) is 56.0 Å². The summed E-state index contributed by atoms with van der Waals surface area (Å²) in [5.74, 6) is 0. The Morgan fingerprint density at radius 3 is 2.50 bits per heavy atom. The van der Waals surface area contributed by atoms with Crippen LogP contribution in [0.1, 0.15) is 5.69 Å². The number of benzene rings is 1. The number of rotatable bonds is 5. The van der Waals surface area contributed by atoms with Crippen molar-refractivity contribution in [1.82, 2.24) is 14.3 Å². The smallest absolute Gasteiger partial charge is 0.243 e. The number of hydrogen-bond acceptors (Lipinski definition) is 6. The zero-order valence-corrected chi connectivity index (χ0v) is 14.3. The number of morpholine rings is 1. The molecule has 0 spiro atoms. The van der Waals surface area contributed by atoms with Gasteiger partial charge in [-0.15, -0.1) is 0 Å². The van der Waals surface area contributed by atoms with Gasteiger partial charge in [-0.3, -0.25) is 9.97 Å². The standard InChI is InChI=1S/C16H20N4O3S/c1-19(13-14-12-17-6-7-18-14)15-2-4-16(5-3-15)24(21,22)20-8-10-23-11-9-20/h2-7,12H,8-11,13H2,1H3. The molecule has 0 unspecified atom stereocenters. The van der Waals surface area contributed by atoms with E-state index in [4.69, 9.17) is 4.74 Å². The van der Waals surface area contributed by atoms with E-state index < -0.39 is 10.0 Å². The van der Waals surface area contributed by atoms with Crippen molar-refractivity contribution in [2.24, 2.45) is 0 Å². The highest BCUT2D eigenvalue weighted by molar-refractivity contribution is 7.89. The Hall–Kier alpha value is -2.03. The van der Waals surface area contributed by atoms with Crippen molar-refractivity contribution < 1.29 is 13.2 Å². The van der Waals surface area contributed by atoms with Gasteiger partial charge in [-0.25, -0.2) is 8.42 Å². The Morgan fingerprint density at radius 1 is 1.17 bits per heavy atom. The maximum atomic E-state index is 12.6. The molecule has 0 atom stereocenters. The first-order valence-corrected chi connectivity index (χ1v) is 9.15. The molecule has 1 aliphatic heterocycles. The fraction of sp³-hybridized carbons (Fsp3) is 0.375. The maximum Gasteiger partial charge on any atom is 0.243 e. The molecule has 7 nitrogen and oxygen atoms in total. The molecule has 0 aliphatic carbocycles. The van der Waals surface area contributed by atoms with Gasteiger partial charge >= 0.3 is 0 Å². The highest BCUT2D eigenvalue weighted by Gasteiger charge is 2.26. The van der Waals surface area contributed by atoms with E-state index in [0.717, 1.165) is 11.4 Å². The second-order valence-corrected chi connectivity index (χ2v) is 7.50. The second kappa shape index (κ2) is 7.25. The molecule has 1 aromatic heterocycles. The largest absolute Gasteiger partial charge is 0.379 e. The number of nitrogens with zero attached hydrogens (tertiary/aromatic N) is 4. The van der Waals surface area contributed by atoms with Crippen LogP contribution in [0.5, 0.6) is 0 Å². The molecule has 2 heterocycles. The fourth-order valence-electron chi connectivity index (χ4n) is 2.55. The predicted octanol–water partition coefficient (Wildman–Crippen LogP) is 1.13. The number of ether oxygens (including phenoxy) is 1. The van der Waals surface area contributed by atoms with Gasteiger partial charge in [-0.05, 0) is 24.3 Å². The first-order chi connectivity index (χ1) is 11.6. The van der Waals surface area contributed by atoms with E-state index in [1.165, 1.54) is 4.31 Å². The van der Waals surface area contributed by atoms with Gasteiger partial charge in [0, 0.05) is 38.2 Å². The van der Waals surface area contributed by atoms with E-state index in [9.17, 15) is 8.42 Å². The molecule has 0 saturated carbocycles. The van der Waals surface area contributed by atoms with Crippen molar-refractivity contribution >= 4 is 15.7 Å². The maximum absolute atomic E-state index is 12.6. The lowest BCUT2D eigenvalue weighted by atomic mass is 10.3. The van der Waals surface area contributed by atoms with Crippen LogP contribution in [0.25, 0.3) is 0 Å². The minimum absolute atomic E-state index is 0.307. The first kappa shape index (κ1) is 16.8. The van der Waals surface area contributed by atoms with E-state index in [1.807, 2.05) is 24.1 Å². The summed E-state index contributed by atoms with van der Waals surface area (Å²) in [7, 11) is -1.52. The summed E-state index contributed by atoms with van der Waals surface area (Å²) in [6.07, 6.45) is 5.00. The Labute approximate surface area is 142 Å². The van der Waals surface area contributed by atoms with Crippen molar-refractivity contribution in [2.45, 2.75) is 11.4 Å². The molecule has 1 saturated heterocycles. The molecular formula is C16H20N4O3S. The number of aromatic nitrogens is 2. The Bertz CT molecular complexity index is 760. The summed E-state index contributed by atoms with van der Waals surface area (Å²) >= 11 is 0. The van der Waals surface area contributed by atoms with Crippen LogP contribution < -0.4 is 4.90 Å². The Morgan fingerprint density at radius 2 is 1.88 bits per heavy atom. The average molecular weight is 348 g/mol. The van der Waals surface area contributed by atoms with E-state index in [0.29, 0.717) is 37.7 Å². The van der Waals surface area contributed by atoms with Crippen LogP contribution in [0.2, 0.25) is 0 Å². The predicted molar refractivity (Wildman–Crippen MR) is 90.2 cm³/mol. The van der Waals surface area contributed by atoms with Crippen LogP contribution in [0, 0.1) is 0 Å². The lowest BCUT2D eigenvalue weighted by molar-refractivity contribution is 0.0730. The molecule has 2 aromatic rings. The van der Waals surface area contributed by atoms with Crippen LogP contribution in [0.4, 0.5) is 5.69 Å². The Kier molecular flexibility index (Phi) is 5.08. The Balaban J connectivity index is 1.73. The van der Waals surface area contributed by atoms with E-state index >= 15 is 0 Å². The second-order valence-electron chi connectivity index (χ2n) is 5.56. The van der Waals surface area contributed by atoms with Crippen molar-refractivity contribution in [3.63, 3.8) is 0 Å². The third kappa shape index (κ3) is 3.72. The van der Waals surface area contributed by atoms with Gasteiger partial charge in [0.25, 0.3) is 0 Å². The molecule has 1 aliphatic rings. The summed E-state index contributed by atoms with van der Waals surface area (Å²) in [6, 6.07) is 6.91. The summed E-state index contributed by atoms with van der Waals surface area (Å²) in [6.45, 7) is 2.28. The molecular weight excluding hydrogens is 328 g/mol. The molecule has 0 N–H and O–H groups in total. The molecule has 3 rings (SSSR count). The van der Waals surface area contributed by atoms with Crippen molar-refractivity contribution in [2.75, 3.05) is 38.3 Å². The van der Waals surface area contributed by atoms with Crippen molar-refractivity contribution in [3.05, 3.63) is 48.5 Å². The van der Waals surface area contributed by atoms with Gasteiger partial charge in [0.05, 0.1) is 36.5 Å². The van der Waals surface area contributed by atoms with Gasteiger partial charge < -0.3 is 9.64 Å². The molecule has 0 radical (unpaired) electrons. The highest BCUT2D eigenvalue weighted by atomic mass is 32.2. The van der Waals surface area contributed by atoms with Gasteiger partial charge in [-0.2, -0.15) is 4.31 Å². The van der Waals surface area contributed by atoms with Gasteiger partial charge in [0.1, 0.15) is 0 Å². The summed E-state index contributed by atoms with van der Waals surface area (Å²) in [5, 5.41) is 0. The minimum Gasteiger partial charge on any atom is -0.379 e.